The molecule has 1 amide bonds. The van der Waals surface area contributed by atoms with Crippen LogP contribution >= 0.6 is 23.2 Å². The molecule has 0 saturated heterocycles. The first-order valence-electron chi connectivity index (χ1n) is 11.9. The van der Waals surface area contributed by atoms with E-state index in [1.54, 1.807) is 30.7 Å². The van der Waals surface area contributed by atoms with Gasteiger partial charge in [-0.05, 0) is 37.1 Å². The monoisotopic (exact) mass is 556 g/mol. The Kier molecular flexibility index (Phi) is 8.82. The number of carbonyl (C=O) groups is 1. The maximum absolute atomic E-state index is 13.3. The maximum atomic E-state index is 13.3. The van der Waals surface area contributed by atoms with Gasteiger partial charge in [-0.15, -0.1) is 0 Å². The second-order valence-corrected chi connectivity index (χ2v) is 9.29. The molecule has 4 N–H and O–H groups in total. The molecule has 11 nitrogen and oxygen atoms in total. The average Bonchev–Trinajstić information content (AvgIpc) is 3.54. The summed E-state index contributed by atoms with van der Waals surface area (Å²) in [6, 6.07) is 9.87. The van der Waals surface area contributed by atoms with Crippen molar-refractivity contribution in [2.45, 2.75) is 25.9 Å². The number of halogens is 2. The smallest absolute Gasteiger partial charge is 0.311 e. The molecular weight excluding hydrogens is 531 g/mol. The molecule has 0 aliphatic carbocycles. The van der Waals surface area contributed by atoms with Crippen LogP contribution in [0.5, 0.6) is 0 Å². The molecule has 0 unspecified atom stereocenters. The Hall–Kier alpha value is -4.09. The SMILES string of the molecule is Nc1nc(NCCCn2ccc(-c3ccc(Cl)cc3Cl)c2C(=O)NCCCn2ccnc2)ccc1[N+](=O)[O-]. The van der Waals surface area contributed by atoms with Crippen LogP contribution in [0.3, 0.4) is 0 Å². The molecule has 0 saturated carbocycles. The number of benzene rings is 1. The zero-order chi connectivity index (χ0) is 27.1. The van der Waals surface area contributed by atoms with Crippen molar-refractivity contribution in [1.82, 2.24) is 24.4 Å². The van der Waals surface area contributed by atoms with Crippen LogP contribution in [0.1, 0.15) is 23.3 Å². The molecular formula is C25H26Cl2N8O3. The molecule has 0 fully saturated rings. The summed E-state index contributed by atoms with van der Waals surface area (Å²) in [7, 11) is 0. The van der Waals surface area contributed by atoms with E-state index in [1.807, 2.05) is 27.6 Å². The summed E-state index contributed by atoms with van der Waals surface area (Å²) in [5.41, 5.74) is 7.33. The number of nitro groups is 1. The molecule has 0 aliphatic rings. The van der Waals surface area contributed by atoms with Crippen molar-refractivity contribution >= 4 is 46.4 Å². The van der Waals surface area contributed by atoms with Crippen molar-refractivity contribution in [3.63, 3.8) is 0 Å². The molecule has 1 aromatic carbocycles. The highest BCUT2D eigenvalue weighted by Crippen LogP contribution is 2.33. The van der Waals surface area contributed by atoms with Crippen molar-refractivity contribution in [2.75, 3.05) is 24.1 Å². The lowest BCUT2D eigenvalue weighted by Crippen LogP contribution is -2.28. The molecule has 0 aliphatic heterocycles. The highest BCUT2D eigenvalue weighted by Gasteiger charge is 2.20. The van der Waals surface area contributed by atoms with E-state index >= 15 is 0 Å². The van der Waals surface area contributed by atoms with Crippen molar-refractivity contribution in [2.24, 2.45) is 0 Å². The number of hydrogen-bond acceptors (Lipinski definition) is 7. The summed E-state index contributed by atoms with van der Waals surface area (Å²) in [6.07, 6.45) is 8.57. The van der Waals surface area contributed by atoms with Gasteiger partial charge in [-0.1, -0.05) is 29.3 Å². The van der Waals surface area contributed by atoms with Gasteiger partial charge in [0, 0.05) is 72.0 Å². The predicted molar refractivity (Wildman–Crippen MR) is 147 cm³/mol. The van der Waals surface area contributed by atoms with Gasteiger partial charge in [-0.25, -0.2) is 9.97 Å². The van der Waals surface area contributed by atoms with E-state index in [0.29, 0.717) is 58.7 Å². The number of amides is 1. The minimum atomic E-state index is -0.576. The summed E-state index contributed by atoms with van der Waals surface area (Å²) < 4.78 is 3.83. The van der Waals surface area contributed by atoms with E-state index in [9.17, 15) is 14.9 Å². The summed E-state index contributed by atoms with van der Waals surface area (Å²) in [6.45, 7) is 2.26. The number of pyridine rings is 1. The van der Waals surface area contributed by atoms with Gasteiger partial charge >= 0.3 is 5.69 Å². The van der Waals surface area contributed by atoms with Gasteiger partial charge in [0.1, 0.15) is 11.5 Å². The van der Waals surface area contributed by atoms with Gasteiger partial charge in [0.15, 0.2) is 0 Å². The molecule has 0 atom stereocenters. The number of nitrogens with one attached hydrogen (secondary N) is 2. The number of carbonyl (C=O) groups excluding carboxylic acids is 1. The lowest BCUT2D eigenvalue weighted by Gasteiger charge is -2.14. The number of nitrogen functional groups attached to an aromatic ring is 1. The molecule has 38 heavy (non-hydrogen) atoms. The molecule has 4 rings (SSSR count). The van der Waals surface area contributed by atoms with E-state index in [4.69, 9.17) is 28.9 Å². The third-order valence-corrected chi connectivity index (χ3v) is 6.37. The number of nitrogens with zero attached hydrogens (tertiary/aromatic N) is 5. The van der Waals surface area contributed by atoms with Crippen LogP contribution in [0.4, 0.5) is 17.3 Å². The Balaban J connectivity index is 1.44. The lowest BCUT2D eigenvalue weighted by atomic mass is 10.1. The first-order valence-corrected chi connectivity index (χ1v) is 12.6. The van der Waals surface area contributed by atoms with Crippen molar-refractivity contribution < 1.29 is 9.72 Å². The zero-order valence-corrected chi connectivity index (χ0v) is 21.8. The first-order chi connectivity index (χ1) is 18.3. The number of hydrogen-bond donors (Lipinski definition) is 3. The number of anilines is 2. The van der Waals surface area contributed by atoms with Crippen LogP contribution in [0.2, 0.25) is 10.0 Å². The Morgan fingerprint density at radius 3 is 2.58 bits per heavy atom. The topological polar surface area (TPSA) is 146 Å². The largest absolute Gasteiger partial charge is 0.378 e. The molecule has 3 heterocycles. The fourth-order valence-electron chi connectivity index (χ4n) is 3.99. The van der Waals surface area contributed by atoms with Crippen molar-refractivity contribution in [3.8, 4) is 11.1 Å². The molecule has 4 aromatic rings. The van der Waals surface area contributed by atoms with E-state index in [2.05, 4.69) is 20.6 Å². The number of aryl methyl sites for hydroxylation is 2. The fraction of sp³-hybridized carbons (Fsp3) is 0.240. The number of aromatic nitrogens is 4. The molecule has 0 spiro atoms. The van der Waals surface area contributed by atoms with Crippen molar-refractivity contribution in [3.05, 3.63) is 87.2 Å². The Labute approximate surface area is 228 Å². The van der Waals surface area contributed by atoms with Gasteiger partial charge in [0.25, 0.3) is 5.91 Å². The number of imidazole rings is 1. The first kappa shape index (κ1) is 27.0. The summed E-state index contributed by atoms with van der Waals surface area (Å²) in [5, 5.41) is 18.0. The molecule has 3 aromatic heterocycles. The average molecular weight is 557 g/mol. The highest BCUT2D eigenvalue weighted by atomic mass is 35.5. The van der Waals surface area contributed by atoms with Crippen LogP contribution in [-0.2, 0) is 13.1 Å². The van der Waals surface area contributed by atoms with E-state index < -0.39 is 4.92 Å². The minimum Gasteiger partial charge on any atom is -0.378 e. The van der Waals surface area contributed by atoms with Crippen LogP contribution < -0.4 is 16.4 Å². The Bertz CT molecular complexity index is 1420. The highest BCUT2D eigenvalue weighted by molar-refractivity contribution is 6.36. The third kappa shape index (κ3) is 6.61. The van der Waals surface area contributed by atoms with Gasteiger partial charge in [-0.3, -0.25) is 14.9 Å². The molecule has 198 valence electrons. The van der Waals surface area contributed by atoms with Crippen LogP contribution in [0, 0.1) is 10.1 Å². The normalized spacial score (nSPS) is 10.9. The lowest BCUT2D eigenvalue weighted by molar-refractivity contribution is -0.384. The molecule has 13 heteroatoms. The fourth-order valence-corrected chi connectivity index (χ4v) is 4.50. The van der Waals surface area contributed by atoms with E-state index in [1.165, 1.54) is 12.1 Å². The minimum absolute atomic E-state index is 0.151. The zero-order valence-electron chi connectivity index (χ0n) is 20.3. The quantitative estimate of drug-likeness (QED) is 0.128. The molecule has 0 bridgehead atoms. The van der Waals surface area contributed by atoms with Crippen LogP contribution in [0.25, 0.3) is 11.1 Å². The second-order valence-electron chi connectivity index (χ2n) is 8.44. The van der Waals surface area contributed by atoms with Gasteiger partial charge in [0.05, 0.1) is 11.3 Å². The van der Waals surface area contributed by atoms with E-state index in [0.717, 1.165) is 13.0 Å². The van der Waals surface area contributed by atoms with Gasteiger partial charge < -0.3 is 25.5 Å². The third-order valence-electron chi connectivity index (χ3n) is 5.82. The van der Waals surface area contributed by atoms with Gasteiger partial charge in [-0.2, -0.15) is 0 Å². The van der Waals surface area contributed by atoms with Crippen LogP contribution in [0.15, 0.2) is 61.3 Å². The van der Waals surface area contributed by atoms with Crippen LogP contribution in [-0.4, -0.2) is 43.0 Å². The predicted octanol–water partition coefficient (Wildman–Crippen LogP) is 4.87. The summed E-state index contributed by atoms with van der Waals surface area (Å²) in [5.74, 6) is 0.0754. The Morgan fingerprint density at radius 1 is 1.05 bits per heavy atom. The maximum Gasteiger partial charge on any atom is 0.311 e. The van der Waals surface area contributed by atoms with Crippen molar-refractivity contribution in [1.29, 1.82) is 0 Å². The Morgan fingerprint density at radius 2 is 1.87 bits per heavy atom. The summed E-state index contributed by atoms with van der Waals surface area (Å²) in [4.78, 5) is 31.7. The summed E-state index contributed by atoms with van der Waals surface area (Å²) >= 11 is 12.5. The number of rotatable bonds is 12. The molecule has 0 radical (unpaired) electrons. The standard InChI is InChI=1S/C25H26Cl2N8O3/c26-17-3-4-18(20(27)15-17)19-7-13-34(23(19)25(36)31-9-1-11-33-14-10-29-16-33)12-2-8-30-22-6-5-21(35(37)38)24(28)32-22/h3-7,10,13-16H,1-2,8-9,11-12H2,(H,31,36)(H3,28,30,32). The number of nitrogens with two attached hydrogens (primary N) is 1. The second kappa shape index (κ2) is 12.4. The van der Waals surface area contributed by atoms with E-state index in [-0.39, 0.29) is 17.4 Å². The van der Waals surface area contributed by atoms with Gasteiger partial charge in [0.2, 0.25) is 5.82 Å².